The Morgan fingerprint density at radius 3 is 1.26 bits per heavy atom. The van der Waals surface area contributed by atoms with Crippen LogP contribution in [0.5, 0.6) is 0 Å². The van der Waals surface area contributed by atoms with Crippen molar-refractivity contribution in [3.63, 3.8) is 0 Å². The summed E-state index contributed by atoms with van der Waals surface area (Å²) in [4.78, 5) is 32.8. The summed E-state index contributed by atoms with van der Waals surface area (Å²) in [6.45, 7) is 37.0. The van der Waals surface area contributed by atoms with E-state index in [4.69, 9.17) is 0 Å². The van der Waals surface area contributed by atoms with Crippen LogP contribution in [0.2, 0.25) is 0 Å². The fourth-order valence-electron chi connectivity index (χ4n) is 7.16. The van der Waals surface area contributed by atoms with Crippen molar-refractivity contribution >= 4 is 0 Å². The predicted octanol–water partition coefficient (Wildman–Crippen LogP) is 21.7. The van der Waals surface area contributed by atoms with Crippen molar-refractivity contribution in [1.29, 1.82) is 0 Å². The van der Waals surface area contributed by atoms with Gasteiger partial charge in [0, 0.05) is 95.0 Å². The number of nitrogens with zero attached hydrogens (tertiary/aromatic N) is 9. The highest BCUT2D eigenvalue weighted by molar-refractivity contribution is 5.23. The minimum absolute atomic E-state index is 0.0445. The molecular formula is C73H90F11N9. The predicted molar refractivity (Wildman–Crippen MR) is 349 cm³/mol. The molecule has 504 valence electrons. The molecule has 0 aliphatic rings. The lowest BCUT2D eigenvalue weighted by atomic mass is 10.0. The van der Waals surface area contributed by atoms with Crippen LogP contribution < -0.4 is 0 Å². The largest absolute Gasteiger partial charge is 0.264 e. The third-order valence-electron chi connectivity index (χ3n) is 13.0. The first-order valence-electron chi connectivity index (χ1n) is 30.4. The van der Waals surface area contributed by atoms with Gasteiger partial charge in [-0.2, -0.15) is 26.9 Å². The summed E-state index contributed by atoms with van der Waals surface area (Å²) in [5.74, 6) is -2.85. The second-order valence-corrected chi connectivity index (χ2v) is 23.7. The molecule has 0 amide bonds. The summed E-state index contributed by atoms with van der Waals surface area (Å²) in [6, 6.07) is 19.3. The van der Waals surface area contributed by atoms with Gasteiger partial charge >= 0.3 is 0 Å². The monoisotopic (exact) mass is 1300 g/mol. The summed E-state index contributed by atoms with van der Waals surface area (Å²) in [6.07, 6.45) is 16.2. The molecule has 0 aliphatic heterocycles. The second kappa shape index (κ2) is 43.4. The van der Waals surface area contributed by atoms with Gasteiger partial charge in [-0.3, -0.25) is 24.9 Å². The fourth-order valence-corrected chi connectivity index (χ4v) is 7.16. The van der Waals surface area contributed by atoms with Crippen molar-refractivity contribution in [3.8, 4) is 0 Å². The molecule has 0 radical (unpaired) electrons. The van der Waals surface area contributed by atoms with Crippen molar-refractivity contribution in [1.82, 2.24) is 44.9 Å². The summed E-state index contributed by atoms with van der Waals surface area (Å²) in [5.41, 5.74) is 7.60. The maximum Gasteiger partial charge on any atom is 0.248 e. The minimum Gasteiger partial charge on any atom is -0.264 e. The van der Waals surface area contributed by atoms with E-state index < -0.39 is 29.6 Å². The quantitative estimate of drug-likeness (QED) is 0.103. The van der Waals surface area contributed by atoms with Gasteiger partial charge in [0.15, 0.2) is 5.82 Å². The molecule has 0 fully saturated rings. The average molecular weight is 1300 g/mol. The van der Waals surface area contributed by atoms with E-state index in [2.05, 4.69) is 58.7 Å². The molecule has 20 heteroatoms. The highest BCUT2D eigenvalue weighted by Gasteiger charge is 2.11. The van der Waals surface area contributed by atoms with Crippen LogP contribution in [0.15, 0.2) is 147 Å². The number of aryl methyl sites for hydroxylation is 1. The minimum atomic E-state index is -1.03. The van der Waals surface area contributed by atoms with Gasteiger partial charge in [-0.1, -0.05) is 137 Å². The van der Waals surface area contributed by atoms with Gasteiger partial charge in [-0.15, -0.1) is 0 Å². The van der Waals surface area contributed by atoms with E-state index in [1.165, 1.54) is 91.8 Å². The van der Waals surface area contributed by atoms with Crippen molar-refractivity contribution in [3.05, 3.63) is 268 Å². The first-order valence-corrected chi connectivity index (χ1v) is 30.4. The Labute approximate surface area is 543 Å². The molecular weight excluding hydrogens is 1210 g/mol. The molecule has 9 heterocycles. The summed E-state index contributed by atoms with van der Waals surface area (Å²) in [7, 11) is 0. The Morgan fingerprint density at radius 2 is 0.839 bits per heavy atom. The Balaban J connectivity index is 0.000000523. The van der Waals surface area contributed by atoms with Gasteiger partial charge in [-0.05, 0) is 144 Å². The number of halogens is 11. The molecule has 0 aliphatic carbocycles. The maximum atomic E-state index is 13.2. The third kappa shape index (κ3) is 33.1. The Kier molecular flexibility index (Phi) is 38.6. The lowest BCUT2D eigenvalue weighted by molar-refractivity contribution is 0.476. The van der Waals surface area contributed by atoms with E-state index in [9.17, 15) is 48.3 Å². The standard InChI is InChI=1S/C9H12FN.2C8H9F2N.6C8H10FN/c1-6(2)8-5-11-4-7(3)9(8)10;1-5(2)6-3-7(9)8(10)11-4-6;1-5(2)6-3-4-7(9)11-8(6)10;1-6(2)7-3-8(9)5-10-4-7;1-6(2)7-5-10-4-3-8(7)9;1-6(2)8-5-7(9)3-4-10-8;1-6(2)8-4-3-7(9)5-10-8;1-6(2)7-3-4-8(9)10-5-7;1-6(2)7-4-3-5-10-8(7)9/h4-6H,1-3H3;2*3-5H,1-2H3;6*3-6H,1-2H3. The van der Waals surface area contributed by atoms with Crippen LogP contribution in [-0.2, 0) is 0 Å². The highest BCUT2D eigenvalue weighted by atomic mass is 19.2. The number of pyridine rings is 9. The first kappa shape index (κ1) is 82.6. The summed E-state index contributed by atoms with van der Waals surface area (Å²) in [5, 5.41) is 0. The van der Waals surface area contributed by atoms with Crippen molar-refractivity contribution in [2.45, 2.75) is 185 Å². The zero-order chi connectivity index (χ0) is 70.7. The van der Waals surface area contributed by atoms with E-state index in [1.807, 2.05) is 111 Å². The van der Waals surface area contributed by atoms with Crippen LogP contribution in [-0.4, -0.2) is 44.9 Å². The molecule has 0 unspecified atom stereocenters. The van der Waals surface area contributed by atoms with Gasteiger partial charge in [0.2, 0.25) is 29.7 Å². The second-order valence-electron chi connectivity index (χ2n) is 23.7. The molecule has 0 saturated carbocycles. The van der Waals surface area contributed by atoms with Crippen molar-refractivity contribution < 1.29 is 48.3 Å². The topological polar surface area (TPSA) is 116 Å². The van der Waals surface area contributed by atoms with Gasteiger partial charge in [0.1, 0.15) is 29.1 Å². The van der Waals surface area contributed by atoms with E-state index >= 15 is 0 Å². The average Bonchev–Trinajstić information content (AvgIpc) is 1.23. The molecule has 0 spiro atoms. The Bertz CT molecular complexity index is 3380. The van der Waals surface area contributed by atoms with Gasteiger partial charge in [0.05, 0.1) is 12.4 Å². The number of rotatable bonds is 9. The van der Waals surface area contributed by atoms with E-state index in [0.717, 1.165) is 22.5 Å². The van der Waals surface area contributed by atoms with Crippen LogP contribution in [0, 0.1) is 71.6 Å². The van der Waals surface area contributed by atoms with Crippen LogP contribution in [0.4, 0.5) is 48.3 Å². The molecule has 0 N–H and O–H groups in total. The molecule has 9 rings (SSSR count). The van der Waals surface area contributed by atoms with Gasteiger partial charge in [0.25, 0.3) is 0 Å². The number of hydrogen-bond acceptors (Lipinski definition) is 9. The molecule has 0 atom stereocenters. The Hall–Kier alpha value is -8.42. The first-order chi connectivity index (χ1) is 43.6. The highest BCUT2D eigenvalue weighted by Crippen LogP contribution is 2.21. The number of aromatic nitrogens is 9. The van der Waals surface area contributed by atoms with E-state index in [-0.39, 0.29) is 64.6 Å². The zero-order valence-corrected chi connectivity index (χ0v) is 56.7. The molecule has 9 aromatic rings. The summed E-state index contributed by atoms with van der Waals surface area (Å²) >= 11 is 0. The SMILES string of the molecule is CC(C)c1cc(F)ccn1.CC(C)c1ccc(F)cn1.CC(C)c1ccc(F)nc1.CC(C)c1ccc(F)nc1F.CC(C)c1cccnc1F.CC(C)c1cnc(F)c(F)c1.CC(C)c1cncc(F)c1.CC(C)c1cnccc1F.Cc1cncc(C(C)C)c1F. The lowest BCUT2D eigenvalue weighted by Crippen LogP contribution is -1.97. The van der Waals surface area contributed by atoms with Gasteiger partial charge < -0.3 is 0 Å². The molecule has 0 saturated heterocycles. The van der Waals surface area contributed by atoms with Crippen LogP contribution in [0.1, 0.15) is 234 Å². The molecule has 0 bridgehead atoms. The molecule has 9 nitrogen and oxygen atoms in total. The van der Waals surface area contributed by atoms with E-state index in [1.54, 1.807) is 62.2 Å². The van der Waals surface area contributed by atoms with Crippen LogP contribution in [0.3, 0.4) is 0 Å². The normalized spacial score (nSPS) is 10.5. The lowest BCUT2D eigenvalue weighted by Gasteiger charge is -2.06. The number of hydrogen-bond donors (Lipinski definition) is 0. The summed E-state index contributed by atoms with van der Waals surface area (Å²) < 4.78 is 138. The smallest absolute Gasteiger partial charge is 0.248 e. The van der Waals surface area contributed by atoms with Crippen molar-refractivity contribution in [2.24, 2.45) is 0 Å². The van der Waals surface area contributed by atoms with Crippen LogP contribution in [0.25, 0.3) is 0 Å². The van der Waals surface area contributed by atoms with Crippen LogP contribution >= 0.6 is 0 Å². The molecule has 9 aromatic heterocycles. The van der Waals surface area contributed by atoms with E-state index in [0.29, 0.717) is 57.1 Å². The van der Waals surface area contributed by atoms with Crippen molar-refractivity contribution in [2.75, 3.05) is 0 Å². The fraction of sp³-hybridized carbons (Fsp3) is 0.384. The van der Waals surface area contributed by atoms with Gasteiger partial charge in [-0.25, -0.2) is 41.3 Å². The molecule has 0 aromatic carbocycles. The maximum absolute atomic E-state index is 13.2. The third-order valence-corrected chi connectivity index (χ3v) is 13.0. The zero-order valence-electron chi connectivity index (χ0n) is 56.7. The molecule has 93 heavy (non-hydrogen) atoms. The Morgan fingerprint density at radius 1 is 0.290 bits per heavy atom.